The Morgan fingerprint density at radius 2 is 1.82 bits per heavy atom. The van der Waals surface area contributed by atoms with Crippen molar-refractivity contribution >= 4 is 0 Å². The summed E-state index contributed by atoms with van der Waals surface area (Å²) in [6.07, 6.45) is 0. The highest BCUT2D eigenvalue weighted by molar-refractivity contribution is 5.25. The summed E-state index contributed by atoms with van der Waals surface area (Å²) in [6, 6.07) is 7.90. The second kappa shape index (κ2) is 5.06. The van der Waals surface area contributed by atoms with Gasteiger partial charge in [0.1, 0.15) is 13.1 Å². The number of morpholine rings is 1. The molecule has 1 N–H and O–H groups in total. The van der Waals surface area contributed by atoms with E-state index < -0.39 is 5.79 Å². The minimum absolute atomic E-state index is 0. The molecule has 17 heavy (non-hydrogen) atoms. The van der Waals surface area contributed by atoms with Gasteiger partial charge in [0.2, 0.25) is 5.79 Å². The molecule has 1 saturated heterocycles. The fourth-order valence-corrected chi connectivity index (χ4v) is 2.16. The van der Waals surface area contributed by atoms with Crippen LogP contribution in [-0.4, -0.2) is 43.4 Å². The molecule has 0 aromatic heterocycles. The molecule has 3 nitrogen and oxygen atoms in total. The molecule has 1 heterocycles. The Bertz CT molecular complexity index is 378. The summed E-state index contributed by atoms with van der Waals surface area (Å²) in [4.78, 5) is 0. The maximum atomic E-state index is 10.5. The normalized spacial score (nSPS) is 27.3. The van der Waals surface area contributed by atoms with Gasteiger partial charge in [-0.1, -0.05) is 29.8 Å². The lowest BCUT2D eigenvalue weighted by Gasteiger charge is -2.42. The van der Waals surface area contributed by atoms with Crippen LogP contribution in [0, 0.1) is 6.92 Å². The fourth-order valence-electron chi connectivity index (χ4n) is 2.16. The van der Waals surface area contributed by atoms with E-state index in [0.29, 0.717) is 13.2 Å². The van der Waals surface area contributed by atoms with Crippen molar-refractivity contribution in [3.63, 3.8) is 0 Å². The quantitative estimate of drug-likeness (QED) is 0.624. The van der Waals surface area contributed by atoms with Gasteiger partial charge in [-0.05, 0) is 6.92 Å². The largest absolute Gasteiger partial charge is 1.00 e. The van der Waals surface area contributed by atoms with E-state index in [9.17, 15) is 5.11 Å². The standard InChI is InChI=1S/C13H20NO2.BrH/c1-11-4-6-12(7-5-11)13(15)10-14(2,3)8-9-16-13;/h4-7,15H,8-10H2,1-3H3;1H/q+1;/p-1. The molecule has 0 bridgehead atoms. The monoisotopic (exact) mass is 301 g/mol. The molecule has 0 spiro atoms. The first-order valence-corrected chi connectivity index (χ1v) is 5.67. The number of aryl methyl sites for hydroxylation is 1. The van der Waals surface area contributed by atoms with Crippen molar-refractivity contribution in [3.8, 4) is 0 Å². The SMILES string of the molecule is Cc1ccc(C2(O)C[N+](C)(C)CCO2)cc1.[Br-]. The van der Waals surface area contributed by atoms with E-state index in [1.54, 1.807) is 0 Å². The maximum absolute atomic E-state index is 10.5. The van der Waals surface area contributed by atoms with E-state index in [1.165, 1.54) is 5.56 Å². The van der Waals surface area contributed by atoms with Gasteiger partial charge in [-0.2, -0.15) is 0 Å². The fraction of sp³-hybridized carbons (Fsp3) is 0.538. The van der Waals surface area contributed by atoms with Crippen molar-refractivity contribution in [1.29, 1.82) is 0 Å². The van der Waals surface area contributed by atoms with Crippen LogP contribution in [-0.2, 0) is 10.5 Å². The Morgan fingerprint density at radius 3 is 2.35 bits per heavy atom. The Kier molecular flexibility index (Phi) is 4.36. The second-order valence-corrected chi connectivity index (χ2v) is 5.32. The van der Waals surface area contributed by atoms with Crippen molar-refractivity contribution in [2.45, 2.75) is 12.7 Å². The lowest BCUT2D eigenvalue weighted by Crippen LogP contribution is -3.00. The molecule has 1 aromatic rings. The molecule has 0 amide bonds. The van der Waals surface area contributed by atoms with Gasteiger partial charge in [-0.15, -0.1) is 0 Å². The van der Waals surface area contributed by atoms with Gasteiger partial charge < -0.3 is 31.3 Å². The summed E-state index contributed by atoms with van der Waals surface area (Å²) in [6.45, 7) is 4.16. The number of likely N-dealkylation sites (N-methyl/N-ethyl adjacent to an activating group) is 1. The first kappa shape index (κ1) is 14.6. The number of quaternary nitrogens is 1. The number of ether oxygens (including phenoxy) is 1. The van der Waals surface area contributed by atoms with E-state index in [2.05, 4.69) is 14.1 Å². The summed E-state index contributed by atoms with van der Waals surface area (Å²) < 4.78 is 6.35. The molecule has 96 valence electrons. The molecule has 1 aromatic carbocycles. The Morgan fingerprint density at radius 1 is 1.24 bits per heavy atom. The molecule has 1 aliphatic heterocycles. The van der Waals surface area contributed by atoms with Crippen molar-refractivity contribution in [2.75, 3.05) is 33.8 Å². The van der Waals surface area contributed by atoms with E-state index in [1.807, 2.05) is 31.2 Å². The van der Waals surface area contributed by atoms with Crippen LogP contribution in [0.5, 0.6) is 0 Å². The third kappa shape index (κ3) is 3.28. The minimum atomic E-state index is -1.13. The smallest absolute Gasteiger partial charge is 0.243 e. The molecular weight excluding hydrogens is 282 g/mol. The average Bonchev–Trinajstić information content (AvgIpc) is 2.16. The van der Waals surface area contributed by atoms with Gasteiger partial charge in [-0.25, -0.2) is 0 Å². The zero-order valence-corrected chi connectivity index (χ0v) is 12.2. The van der Waals surface area contributed by atoms with Gasteiger partial charge >= 0.3 is 0 Å². The van der Waals surface area contributed by atoms with Gasteiger partial charge in [0.25, 0.3) is 0 Å². The van der Waals surface area contributed by atoms with Crippen LogP contribution in [0.1, 0.15) is 11.1 Å². The van der Waals surface area contributed by atoms with Crippen LogP contribution in [0.3, 0.4) is 0 Å². The van der Waals surface area contributed by atoms with Gasteiger partial charge in [0, 0.05) is 5.56 Å². The van der Waals surface area contributed by atoms with Crippen LogP contribution in [0.4, 0.5) is 0 Å². The number of benzene rings is 1. The Balaban J connectivity index is 0.00000144. The lowest BCUT2D eigenvalue weighted by atomic mass is 10.0. The molecule has 4 heteroatoms. The van der Waals surface area contributed by atoms with Crippen LogP contribution >= 0.6 is 0 Å². The number of nitrogens with zero attached hydrogens (tertiary/aromatic N) is 1. The van der Waals surface area contributed by atoms with E-state index in [0.717, 1.165) is 16.6 Å². The minimum Gasteiger partial charge on any atom is -1.00 e. The molecule has 1 atom stereocenters. The summed E-state index contributed by atoms with van der Waals surface area (Å²) in [5.41, 5.74) is 2.04. The molecule has 2 rings (SSSR count). The molecule has 1 aliphatic rings. The summed E-state index contributed by atoms with van der Waals surface area (Å²) >= 11 is 0. The predicted octanol–water partition coefficient (Wildman–Crippen LogP) is -1.75. The first-order valence-electron chi connectivity index (χ1n) is 5.67. The van der Waals surface area contributed by atoms with Gasteiger partial charge in [-0.3, -0.25) is 0 Å². The summed E-state index contributed by atoms with van der Waals surface area (Å²) in [7, 11) is 4.23. The average molecular weight is 302 g/mol. The zero-order chi connectivity index (χ0) is 11.8. The molecule has 1 unspecified atom stereocenters. The van der Waals surface area contributed by atoms with E-state index in [4.69, 9.17) is 4.74 Å². The van der Waals surface area contributed by atoms with Crippen LogP contribution in [0.25, 0.3) is 0 Å². The van der Waals surface area contributed by atoms with Crippen molar-refractivity contribution in [1.82, 2.24) is 0 Å². The highest BCUT2D eigenvalue weighted by Gasteiger charge is 2.42. The molecule has 0 aliphatic carbocycles. The first-order chi connectivity index (χ1) is 7.41. The molecule has 0 saturated carbocycles. The van der Waals surface area contributed by atoms with Crippen molar-refractivity contribution in [2.24, 2.45) is 0 Å². The zero-order valence-electron chi connectivity index (χ0n) is 10.6. The van der Waals surface area contributed by atoms with Crippen LogP contribution in [0.15, 0.2) is 24.3 Å². The molecular formula is C13H20BrNO2. The number of hydrogen-bond donors (Lipinski definition) is 1. The number of hydrogen-bond acceptors (Lipinski definition) is 2. The Labute approximate surface area is 113 Å². The van der Waals surface area contributed by atoms with E-state index in [-0.39, 0.29) is 17.0 Å². The third-order valence-electron chi connectivity index (χ3n) is 3.18. The Hall–Kier alpha value is -0.420. The second-order valence-electron chi connectivity index (χ2n) is 5.32. The molecule has 1 fully saturated rings. The summed E-state index contributed by atoms with van der Waals surface area (Å²) in [5.74, 6) is -1.13. The van der Waals surface area contributed by atoms with Crippen molar-refractivity contribution < 1.29 is 31.3 Å². The predicted molar refractivity (Wildman–Crippen MR) is 62.9 cm³/mol. The number of aliphatic hydroxyl groups is 1. The van der Waals surface area contributed by atoms with Crippen LogP contribution < -0.4 is 17.0 Å². The van der Waals surface area contributed by atoms with Gasteiger partial charge in [0.15, 0.2) is 0 Å². The van der Waals surface area contributed by atoms with E-state index >= 15 is 0 Å². The maximum Gasteiger partial charge on any atom is 0.243 e. The highest BCUT2D eigenvalue weighted by Crippen LogP contribution is 2.29. The van der Waals surface area contributed by atoms with Crippen LogP contribution in [0.2, 0.25) is 0 Å². The van der Waals surface area contributed by atoms with Gasteiger partial charge in [0.05, 0.1) is 20.7 Å². The number of rotatable bonds is 1. The van der Waals surface area contributed by atoms with Crippen molar-refractivity contribution in [3.05, 3.63) is 35.4 Å². The lowest BCUT2D eigenvalue weighted by molar-refractivity contribution is -0.912. The highest BCUT2D eigenvalue weighted by atomic mass is 79.9. The number of halogens is 1. The third-order valence-corrected chi connectivity index (χ3v) is 3.18. The summed E-state index contributed by atoms with van der Waals surface area (Å²) in [5, 5.41) is 10.5. The topological polar surface area (TPSA) is 29.5 Å². The molecule has 0 radical (unpaired) electrons.